The molecule has 6 aliphatic rings. The van der Waals surface area contributed by atoms with Gasteiger partial charge in [0.2, 0.25) is 5.91 Å². The number of hydrogen-bond donors (Lipinski definition) is 5. The van der Waals surface area contributed by atoms with Crippen LogP contribution >= 0.6 is 0 Å². The van der Waals surface area contributed by atoms with E-state index in [1.807, 2.05) is 27.7 Å². The summed E-state index contributed by atoms with van der Waals surface area (Å²) in [5.41, 5.74) is -0.114. The molecule has 344 valence electrons. The normalized spacial score (nSPS) is 37.6. The van der Waals surface area contributed by atoms with Crippen molar-refractivity contribution in [3.05, 3.63) is 28.6 Å². The molecule has 1 aromatic rings. The highest BCUT2D eigenvalue weighted by atomic mass is 16.5. The summed E-state index contributed by atoms with van der Waals surface area (Å²) in [7, 11) is 0. The smallest absolute Gasteiger partial charge is 0.309 e. The van der Waals surface area contributed by atoms with Crippen molar-refractivity contribution in [1.82, 2.24) is 20.8 Å². The van der Waals surface area contributed by atoms with Crippen molar-refractivity contribution < 1.29 is 38.9 Å². The molecule has 7 rings (SSSR count). The second kappa shape index (κ2) is 15.3. The van der Waals surface area contributed by atoms with Crippen LogP contribution in [0, 0.1) is 68.0 Å². The molecule has 5 saturated carbocycles. The number of hydrogen-bond acceptors (Lipinski definition) is 8. The molecule has 1 aromatic heterocycles. The van der Waals surface area contributed by atoms with Crippen LogP contribution in [0.4, 0.5) is 0 Å². The first-order valence-corrected chi connectivity index (χ1v) is 23.7. The van der Waals surface area contributed by atoms with E-state index in [9.17, 15) is 34.2 Å². The Morgan fingerprint density at radius 1 is 0.871 bits per heavy atom. The SMILES string of the molecule is CC(C)C1=C2[C@H]3CC[C@@H]4[C@@]5(C)CC[C@H](OC(=O)[C@H]6C[C@@H](C(=O)O)C6(C)C)C(C)(C)[C@@H]5CC[C@@]4(C)[C@]3(C)CC[C@@]2([C@@H](O)CNC(=O)C(C)(C)NC(=O)c2cc(C(C)C)[nH]n2)CC1=O. The van der Waals surface area contributed by atoms with Gasteiger partial charge in [-0.15, -0.1) is 0 Å². The van der Waals surface area contributed by atoms with E-state index in [4.69, 9.17) is 4.74 Å². The fourth-order valence-corrected chi connectivity index (χ4v) is 15.0. The van der Waals surface area contributed by atoms with E-state index in [0.29, 0.717) is 24.7 Å². The van der Waals surface area contributed by atoms with Crippen molar-refractivity contribution >= 4 is 29.5 Å². The Hall–Kier alpha value is -3.54. The summed E-state index contributed by atoms with van der Waals surface area (Å²) < 4.78 is 6.41. The Labute approximate surface area is 369 Å². The van der Waals surface area contributed by atoms with E-state index in [1.165, 1.54) is 0 Å². The number of ether oxygens (including phenoxy) is 1. The highest BCUT2D eigenvalue weighted by Crippen LogP contribution is 2.77. The molecule has 0 spiro atoms. The van der Waals surface area contributed by atoms with Crippen molar-refractivity contribution in [2.75, 3.05) is 6.54 Å². The maximum Gasteiger partial charge on any atom is 0.309 e. The average molecular weight is 861 g/mol. The number of esters is 1. The number of ketones is 1. The number of aliphatic hydroxyl groups excluding tert-OH is 1. The zero-order valence-electron chi connectivity index (χ0n) is 39.8. The van der Waals surface area contributed by atoms with Gasteiger partial charge in [0.1, 0.15) is 17.3 Å². The number of Topliss-reactive ketones (excluding diaryl/α,β-unsaturated/α-hetero) is 1. The molecule has 11 atom stereocenters. The molecule has 0 aromatic carbocycles. The summed E-state index contributed by atoms with van der Waals surface area (Å²) in [5, 5.41) is 34.8. The second-order valence-corrected chi connectivity index (χ2v) is 23.8. The van der Waals surface area contributed by atoms with Crippen molar-refractivity contribution in [3.63, 3.8) is 0 Å². The summed E-state index contributed by atoms with van der Waals surface area (Å²) in [5.74, 6) is -1.82. The highest BCUT2D eigenvalue weighted by molar-refractivity contribution is 6.01. The molecular weight excluding hydrogens is 785 g/mol. The Kier molecular flexibility index (Phi) is 11.5. The zero-order valence-corrected chi connectivity index (χ0v) is 39.8. The number of aromatic nitrogens is 2. The third kappa shape index (κ3) is 6.83. The van der Waals surface area contributed by atoms with E-state index >= 15 is 0 Å². The predicted octanol–water partition coefficient (Wildman–Crippen LogP) is 8.16. The van der Waals surface area contributed by atoms with E-state index in [1.54, 1.807) is 19.9 Å². The molecule has 6 aliphatic carbocycles. The molecule has 5 N–H and O–H groups in total. The molecule has 62 heavy (non-hydrogen) atoms. The number of aromatic amines is 1. The molecule has 1 heterocycles. The molecule has 0 radical (unpaired) electrons. The number of nitrogens with zero attached hydrogens (tertiary/aromatic N) is 1. The lowest BCUT2D eigenvalue weighted by Gasteiger charge is -2.72. The molecule has 5 fully saturated rings. The monoisotopic (exact) mass is 861 g/mol. The minimum atomic E-state index is -1.29. The molecule has 0 saturated heterocycles. The lowest BCUT2D eigenvalue weighted by atomic mass is 9.33. The molecule has 0 aliphatic heterocycles. The Bertz CT molecular complexity index is 2050. The van der Waals surface area contributed by atoms with Crippen LogP contribution in [-0.2, 0) is 23.9 Å². The first-order chi connectivity index (χ1) is 28.6. The fourth-order valence-electron chi connectivity index (χ4n) is 15.0. The van der Waals surface area contributed by atoms with Gasteiger partial charge in [0.15, 0.2) is 5.78 Å². The number of allylic oxidation sites excluding steroid dienone is 1. The number of carbonyl (C=O) groups excluding carboxylic acids is 4. The number of carboxylic acid groups (broad SMARTS) is 1. The minimum absolute atomic E-state index is 0.00555. The van der Waals surface area contributed by atoms with Crippen molar-refractivity contribution in [1.29, 1.82) is 0 Å². The van der Waals surface area contributed by atoms with Gasteiger partial charge in [0, 0.05) is 29.5 Å². The van der Waals surface area contributed by atoms with Gasteiger partial charge >= 0.3 is 11.9 Å². The molecule has 12 heteroatoms. The van der Waals surface area contributed by atoms with Gasteiger partial charge in [0.25, 0.3) is 5.91 Å². The lowest BCUT2D eigenvalue weighted by molar-refractivity contribution is -0.238. The Morgan fingerprint density at radius 3 is 2.15 bits per heavy atom. The standard InChI is InChI=1S/C50H76N4O8/c1-26(2)31-23-32(54-53-31)40(57)52-46(9,10)43(61)51-25-36(56)50-21-20-48(12)28(39(50)38(27(3)4)33(55)24-50)14-15-35-47(11)18-17-37(45(7,8)34(47)16-19-49(35,48)13)62-42(60)30-22-29(41(58)59)44(30,5)6/h23,26-30,34-37,56H,14-22,24-25H2,1-13H3,(H,51,61)(H,52,57)(H,53,54)(H,58,59)/t28-,29+,30-,34+,35-,36+,37+,47+,48-,49-,50+/m1/s1. The molecule has 12 nitrogen and oxygen atoms in total. The number of carbonyl (C=O) groups is 5. The summed E-state index contributed by atoms with van der Waals surface area (Å²) in [4.78, 5) is 66.5. The summed E-state index contributed by atoms with van der Waals surface area (Å²) in [6.07, 6.45) is 6.52. The van der Waals surface area contributed by atoms with Crippen LogP contribution in [0.25, 0.3) is 0 Å². The fraction of sp³-hybridized carbons (Fsp3) is 0.800. The average Bonchev–Trinajstić information content (AvgIpc) is 3.78. The van der Waals surface area contributed by atoms with E-state index in [-0.39, 0.29) is 75.9 Å². The van der Waals surface area contributed by atoms with Gasteiger partial charge < -0.3 is 25.6 Å². The number of H-pyrrole nitrogens is 1. The third-order valence-electron chi connectivity index (χ3n) is 19.1. The Balaban J connectivity index is 1.09. The van der Waals surface area contributed by atoms with Crippen LogP contribution < -0.4 is 10.6 Å². The van der Waals surface area contributed by atoms with Gasteiger partial charge in [-0.05, 0) is 135 Å². The van der Waals surface area contributed by atoms with Crippen LogP contribution in [0.2, 0.25) is 0 Å². The van der Waals surface area contributed by atoms with Gasteiger partial charge in [-0.2, -0.15) is 5.10 Å². The number of rotatable bonds is 11. The van der Waals surface area contributed by atoms with Crippen LogP contribution in [-0.4, -0.2) is 74.2 Å². The third-order valence-corrected chi connectivity index (χ3v) is 19.1. The van der Waals surface area contributed by atoms with Gasteiger partial charge in [-0.25, -0.2) is 0 Å². The lowest BCUT2D eigenvalue weighted by Crippen LogP contribution is -2.66. The van der Waals surface area contributed by atoms with Crippen molar-refractivity contribution in [3.8, 4) is 0 Å². The maximum atomic E-state index is 14.2. The number of nitrogens with one attached hydrogen (secondary N) is 3. The van der Waals surface area contributed by atoms with Crippen molar-refractivity contribution in [2.45, 2.75) is 178 Å². The van der Waals surface area contributed by atoms with Crippen molar-refractivity contribution in [2.24, 2.45) is 68.0 Å². The first-order valence-electron chi connectivity index (χ1n) is 23.7. The summed E-state index contributed by atoms with van der Waals surface area (Å²) in [6.45, 7) is 27.2. The summed E-state index contributed by atoms with van der Waals surface area (Å²) in [6, 6.07) is 1.69. The van der Waals surface area contributed by atoms with Gasteiger partial charge in [-0.3, -0.25) is 29.1 Å². The quantitative estimate of drug-likeness (QED) is 0.137. The van der Waals surface area contributed by atoms with Crippen LogP contribution in [0.5, 0.6) is 0 Å². The predicted molar refractivity (Wildman–Crippen MR) is 236 cm³/mol. The first kappa shape index (κ1) is 46.5. The van der Waals surface area contributed by atoms with E-state index < -0.39 is 52.1 Å². The van der Waals surface area contributed by atoms with Crippen LogP contribution in [0.3, 0.4) is 0 Å². The minimum Gasteiger partial charge on any atom is -0.481 e. The molecular formula is C50H76N4O8. The largest absolute Gasteiger partial charge is 0.481 e. The summed E-state index contributed by atoms with van der Waals surface area (Å²) >= 11 is 0. The number of carboxylic acids is 1. The highest BCUT2D eigenvalue weighted by Gasteiger charge is 2.71. The zero-order chi connectivity index (χ0) is 45.9. The van der Waals surface area contributed by atoms with E-state index in [2.05, 4.69) is 69.3 Å². The van der Waals surface area contributed by atoms with Gasteiger partial charge in [0.05, 0.1) is 17.9 Å². The number of aliphatic carboxylic acids is 1. The number of aliphatic hydroxyl groups is 1. The van der Waals surface area contributed by atoms with E-state index in [0.717, 1.165) is 61.8 Å². The number of amides is 2. The maximum absolute atomic E-state index is 14.2. The Morgan fingerprint density at radius 2 is 1.55 bits per heavy atom. The molecule has 0 bridgehead atoms. The van der Waals surface area contributed by atoms with Crippen LogP contribution in [0.15, 0.2) is 17.2 Å². The molecule has 2 amide bonds. The topological polar surface area (TPSA) is 188 Å². The van der Waals surface area contributed by atoms with Gasteiger partial charge in [-0.1, -0.05) is 81.7 Å². The van der Waals surface area contributed by atoms with Crippen LogP contribution in [0.1, 0.15) is 176 Å². The second-order valence-electron chi connectivity index (χ2n) is 23.8. The number of fused-ring (bicyclic) bond motifs is 7. The molecule has 0 unspecified atom stereocenters.